The number of rotatable bonds is 3. The van der Waals surface area contributed by atoms with Crippen LogP contribution in [0.2, 0.25) is 0 Å². The Morgan fingerprint density at radius 1 is 1.19 bits per heavy atom. The van der Waals surface area contributed by atoms with Crippen LogP contribution in [0.4, 0.5) is 35.3 Å². The summed E-state index contributed by atoms with van der Waals surface area (Å²) in [6, 6.07) is 6.50. The normalized spacial score (nSPS) is 15.6. The van der Waals surface area contributed by atoms with E-state index in [9.17, 15) is 27.6 Å². The van der Waals surface area contributed by atoms with Gasteiger partial charge in [-0.15, -0.1) is 16.4 Å². The number of amides is 3. The van der Waals surface area contributed by atoms with Gasteiger partial charge in [-0.1, -0.05) is 13.0 Å². The third-order valence-corrected chi connectivity index (χ3v) is 5.67. The highest BCUT2D eigenvalue weighted by atomic mass is 32.1. The number of anilines is 3. The number of urea groups is 1. The van der Waals surface area contributed by atoms with Gasteiger partial charge in [0.1, 0.15) is 5.82 Å². The Labute approximate surface area is 183 Å². The number of halogens is 3. The third-order valence-electron chi connectivity index (χ3n) is 4.81. The third kappa shape index (κ3) is 4.21. The summed E-state index contributed by atoms with van der Waals surface area (Å²) in [4.78, 5) is 37.8. The first-order valence-electron chi connectivity index (χ1n) is 9.39. The molecule has 1 aliphatic rings. The number of benzene rings is 1. The first-order chi connectivity index (χ1) is 15.1. The highest BCUT2D eigenvalue weighted by Crippen LogP contribution is 2.33. The maximum absolute atomic E-state index is 12.8. The van der Waals surface area contributed by atoms with Gasteiger partial charge in [-0.2, -0.15) is 17.9 Å². The van der Waals surface area contributed by atoms with Gasteiger partial charge in [0.2, 0.25) is 5.91 Å². The van der Waals surface area contributed by atoms with Gasteiger partial charge < -0.3 is 10.6 Å². The number of hydrogen-bond donors (Lipinski definition) is 3. The van der Waals surface area contributed by atoms with Crippen molar-refractivity contribution in [2.24, 2.45) is 5.92 Å². The van der Waals surface area contributed by atoms with Gasteiger partial charge in [-0.25, -0.2) is 4.79 Å². The lowest BCUT2D eigenvalue weighted by molar-refractivity contribution is -0.137. The molecule has 2 aromatic heterocycles. The quantitative estimate of drug-likeness (QED) is 0.535. The molecule has 1 aromatic carbocycles. The molecular weight excluding hydrogens is 447 g/mol. The average Bonchev–Trinajstić information content (AvgIpc) is 3.37. The van der Waals surface area contributed by atoms with E-state index in [-0.39, 0.29) is 29.7 Å². The molecule has 1 atom stereocenters. The summed E-state index contributed by atoms with van der Waals surface area (Å²) < 4.78 is 39.1. The van der Waals surface area contributed by atoms with Crippen molar-refractivity contribution >= 4 is 46.5 Å². The molecule has 0 spiro atoms. The summed E-state index contributed by atoms with van der Waals surface area (Å²) >= 11 is 1.20. The Morgan fingerprint density at radius 3 is 2.53 bits per heavy atom. The van der Waals surface area contributed by atoms with Crippen molar-refractivity contribution in [1.29, 1.82) is 0 Å². The Kier molecular flexibility index (Phi) is 5.46. The molecule has 1 aliphatic heterocycles. The maximum Gasteiger partial charge on any atom is 0.416 e. The van der Waals surface area contributed by atoms with Gasteiger partial charge in [0.25, 0.3) is 5.91 Å². The molecule has 0 saturated heterocycles. The van der Waals surface area contributed by atoms with E-state index < -0.39 is 29.6 Å². The number of alkyl halides is 3. The number of thiophene rings is 1. The zero-order chi connectivity index (χ0) is 23.0. The standard InChI is InChI=1S/C20H16F3N5O3S/c1-10-9-13-15(25-19(31)24-12-6-4-11(5-7-12)20(21,22)23)27-28(16(13)26-17(10)29)18(30)14-3-2-8-32-14/h2-8,10H,9H2,1H3,(H,26,29)(H2,24,25,27,31). The molecule has 32 heavy (non-hydrogen) atoms. The number of carbonyl (C=O) groups is 3. The predicted octanol–water partition coefficient (Wildman–Crippen LogP) is 4.43. The topological polar surface area (TPSA) is 105 Å². The lowest BCUT2D eigenvalue weighted by atomic mass is 9.98. The van der Waals surface area contributed by atoms with Gasteiger partial charge in [0, 0.05) is 17.2 Å². The Bertz CT molecular complexity index is 1190. The fourth-order valence-corrected chi connectivity index (χ4v) is 3.82. The number of aromatic nitrogens is 2. The number of carbonyl (C=O) groups excluding carboxylic acids is 3. The van der Waals surface area contributed by atoms with Crippen LogP contribution in [0.1, 0.15) is 27.7 Å². The van der Waals surface area contributed by atoms with E-state index in [2.05, 4.69) is 21.0 Å². The maximum atomic E-state index is 12.8. The average molecular weight is 463 g/mol. The van der Waals surface area contributed by atoms with Crippen molar-refractivity contribution in [2.75, 3.05) is 16.0 Å². The van der Waals surface area contributed by atoms with Crippen LogP contribution in [-0.4, -0.2) is 27.6 Å². The van der Waals surface area contributed by atoms with Crippen LogP contribution in [0, 0.1) is 5.92 Å². The highest BCUT2D eigenvalue weighted by molar-refractivity contribution is 7.12. The van der Waals surface area contributed by atoms with Crippen LogP contribution in [0.5, 0.6) is 0 Å². The van der Waals surface area contributed by atoms with E-state index in [0.717, 1.165) is 28.9 Å². The molecule has 166 valence electrons. The smallest absolute Gasteiger partial charge is 0.310 e. The summed E-state index contributed by atoms with van der Waals surface area (Å²) in [6.07, 6.45) is -4.24. The molecule has 0 aliphatic carbocycles. The number of fused-ring (bicyclic) bond motifs is 1. The Hall–Kier alpha value is -3.67. The molecule has 4 rings (SSSR count). The molecule has 0 bridgehead atoms. The fourth-order valence-electron chi connectivity index (χ4n) is 3.18. The van der Waals surface area contributed by atoms with Gasteiger partial charge in [-0.3, -0.25) is 14.9 Å². The SMILES string of the molecule is CC1Cc2c(NC(=O)Nc3ccc(C(F)(F)F)cc3)nn(C(=O)c3cccs3)c2NC1=O. The van der Waals surface area contributed by atoms with Gasteiger partial charge in [0.05, 0.1) is 10.4 Å². The minimum absolute atomic E-state index is 0.0705. The second-order valence-corrected chi connectivity index (χ2v) is 8.07. The van der Waals surface area contributed by atoms with Crippen LogP contribution >= 0.6 is 11.3 Å². The molecular formula is C20H16F3N5O3S. The summed E-state index contributed by atoms with van der Waals surface area (Å²) in [7, 11) is 0. The van der Waals surface area contributed by atoms with Gasteiger partial charge >= 0.3 is 12.2 Å². The van der Waals surface area contributed by atoms with E-state index >= 15 is 0 Å². The van der Waals surface area contributed by atoms with Crippen LogP contribution in [0.25, 0.3) is 0 Å². The van der Waals surface area contributed by atoms with Gasteiger partial charge in [0.15, 0.2) is 5.82 Å². The minimum Gasteiger partial charge on any atom is -0.310 e. The number of hydrogen-bond acceptors (Lipinski definition) is 5. The van der Waals surface area contributed by atoms with Crippen LogP contribution in [-0.2, 0) is 17.4 Å². The Morgan fingerprint density at radius 2 is 1.91 bits per heavy atom. The van der Waals surface area contributed by atoms with Crippen LogP contribution in [0.15, 0.2) is 41.8 Å². The molecule has 0 radical (unpaired) electrons. The monoisotopic (exact) mass is 463 g/mol. The zero-order valence-electron chi connectivity index (χ0n) is 16.5. The molecule has 3 heterocycles. The Balaban J connectivity index is 1.58. The minimum atomic E-state index is -4.48. The van der Waals surface area contributed by atoms with Crippen molar-refractivity contribution in [3.8, 4) is 0 Å². The van der Waals surface area contributed by atoms with Crippen molar-refractivity contribution in [3.63, 3.8) is 0 Å². The molecule has 1 unspecified atom stereocenters. The predicted molar refractivity (Wildman–Crippen MR) is 112 cm³/mol. The van der Waals surface area contributed by atoms with Crippen molar-refractivity contribution < 1.29 is 27.6 Å². The molecule has 12 heteroatoms. The molecule has 3 N–H and O–H groups in total. The number of nitrogens with one attached hydrogen (secondary N) is 3. The number of nitrogens with zero attached hydrogens (tertiary/aromatic N) is 2. The van der Waals surface area contributed by atoms with E-state index in [1.54, 1.807) is 24.4 Å². The lowest BCUT2D eigenvalue weighted by Crippen LogP contribution is -2.30. The van der Waals surface area contributed by atoms with E-state index in [4.69, 9.17) is 0 Å². The highest BCUT2D eigenvalue weighted by Gasteiger charge is 2.33. The van der Waals surface area contributed by atoms with Crippen molar-refractivity contribution in [1.82, 2.24) is 9.78 Å². The molecule has 8 nitrogen and oxygen atoms in total. The second kappa shape index (κ2) is 8.11. The summed E-state index contributed by atoms with van der Waals surface area (Å²) in [5, 5.41) is 13.5. The van der Waals surface area contributed by atoms with Crippen LogP contribution in [0.3, 0.4) is 0 Å². The molecule has 0 fully saturated rings. The molecule has 3 amide bonds. The first kappa shape index (κ1) is 21.6. The van der Waals surface area contributed by atoms with Crippen LogP contribution < -0.4 is 16.0 Å². The van der Waals surface area contributed by atoms with Crippen molar-refractivity contribution in [3.05, 3.63) is 57.8 Å². The first-order valence-corrected chi connectivity index (χ1v) is 10.3. The summed E-state index contributed by atoms with van der Waals surface area (Å²) in [5.74, 6) is -0.909. The molecule has 0 saturated carbocycles. The van der Waals surface area contributed by atoms with Gasteiger partial charge in [-0.05, 0) is 42.1 Å². The van der Waals surface area contributed by atoms with Crippen molar-refractivity contribution in [2.45, 2.75) is 19.5 Å². The van der Waals surface area contributed by atoms with E-state index in [0.29, 0.717) is 10.4 Å². The van der Waals surface area contributed by atoms with E-state index in [1.165, 1.54) is 11.3 Å². The van der Waals surface area contributed by atoms with E-state index in [1.807, 2.05) is 0 Å². The second-order valence-electron chi connectivity index (χ2n) is 7.12. The summed E-state index contributed by atoms with van der Waals surface area (Å²) in [5.41, 5.74) is -0.224. The molecule has 3 aromatic rings. The lowest BCUT2D eigenvalue weighted by Gasteiger charge is -2.20. The largest absolute Gasteiger partial charge is 0.416 e. The zero-order valence-corrected chi connectivity index (χ0v) is 17.3. The summed E-state index contributed by atoms with van der Waals surface area (Å²) in [6.45, 7) is 1.70. The fraction of sp³-hybridized carbons (Fsp3) is 0.200.